The SMILES string of the molecule is COCC(=O)N[C@@H](Cc1ccsc1)[C@H](O)CN[C@H]1CC(C)(C)Oc2ccc(Br)cc21. The third kappa shape index (κ3) is 6.28. The number of carbonyl (C=O) groups is 1. The van der Waals surface area contributed by atoms with Crippen LogP contribution in [0.5, 0.6) is 5.75 Å². The Labute approximate surface area is 190 Å². The second-order valence-electron chi connectivity index (χ2n) is 8.22. The van der Waals surface area contributed by atoms with E-state index >= 15 is 0 Å². The average molecular weight is 497 g/mol. The number of nitrogens with one attached hydrogen (secondary N) is 2. The van der Waals surface area contributed by atoms with Crippen molar-refractivity contribution in [1.82, 2.24) is 10.6 Å². The summed E-state index contributed by atoms with van der Waals surface area (Å²) in [4.78, 5) is 12.1. The number of carbonyl (C=O) groups excluding carboxylic acids is 1. The molecule has 3 atom stereocenters. The summed E-state index contributed by atoms with van der Waals surface area (Å²) in [5.74, 6) is 0.614. The Morgan fingerprint density at radius 2 is 2.23 bits per heavy atom. The van der Waals surface area contributed by atoms with Gasteiger partial charge in [0.1, 0.15) is 18.0 Å². The van der Waals surface area contributed by atoms with Crippen molar-refractivity contribution in [1.29, 1.82) is 0 Å². The molecule has 1 aliphatic rings. The van der Waals surface area contributed by atoms with E-state index < -0.39 is 12.1 Å². The van der Waals surface area contributed by atoms with Crippen LogP contribution in [0, 0.1) is 0 Å². The van der Waals surface area contributed by atoms with Crippen LogP contribution in [0.2, 0.25) is 0 Å². The maximum atomic E-state index is 12.1. The van der Waals surface area contributed by atoms with E-state index in [-0.39, 0.29) is 24.2 Å². The topological polar surface area (TPSA) is 79.8 Å². The monoisotopic (exact) mass is 496 g/mol. The molecule has 0 saturated carbocycles. The van der Waals surface area contributed by atoms with E-state index in [0.29, 0.717) is 13.0 Å². The average Bonchev–Trinajstić information content (AvgIpc) is 3.18. The highest BCUT2D eigenvalue weighted by atomic mass is 79.9. The van der Waals surface area contributed by atoms with Gasteiger partial charge in [0.25, 0.3) is 0 Å². The molecule has 6 nitrogen and oxygen atoms in total. The van der Waals surface area contributed by atoms with Crippen LogP contribution in [-0.4, -0.2) is 49.0 Å². The van der Waals surface area contributed by atoms with E-state index in [9.17, 15) is 9.90 Å². The number of fused-ring (bicyclic) bond motifs is 1. The van der Waals surface area contributed by atoms with E-state index in [2.05, 4.69) is 46.5 Å². The molecular formula is C22H29BrN2O4S. The fraction of sp³-hybridized carbons (Fsp3) is 0.500. The number of ether oxygens (including phenoxy) is 2. The predicted octanol–water partition coefficient (Wildman–Crippen LogP) is 3.44. The molecule has 0 radical (unpaired) electrons. The fourth-order valence-electron chi connectivity index (χ4n) is 3.74. The van der Waals surface area contributed by atoms with Gasteiger partial charge in [0.15, 0.2) is 0 Å². The first-order valence-electron chi connectivity index (χ1n) is 9.96. The van der Waals surface area contributed by atoms with Gasteiger partial charge in [-0.15, -0.1) is 0 Å². The molecular weight excluding hydrogens is 468 g/mol. The number of aliphatic hydroxyl groups is 1. The van der Waals surface area contributed by atoms with Gasteiger partial charge in [-0.25, -0.2) is 0 Å². The van der Waals surface area contributed by atoms with E-state index in [1.165, 1.54) is 7.11 Å². The van der Waals surface area contributed by atoms with Gasteiger partial charge in [-0.3, -0.25) is 4.79 Å². The van der Waals surface area contributed by atoms with Gasteiger partial charge >= 0.3 is 0 Å². The lowest BCUT2D eigenvalue weighted by Crippen LogP contribution is -2.50. The molecule has 0 bridgehead atoms. The molecule has 1 aliphatic heterocycles. The highest BCUT2D eigenvalue weighted by molar-refractivity contribution is 9.10. The van der Waals surface area contributed by atoms with Crippen molar-refractivity contribution in [3.05, 3.63) is 50.6 Å². The number of benzene rings is 1. The molecule has 0 unspecified atom stereocenters. The number of thiophene rings is 1. The van der Waals surface area contributed by atoms with Crippen molar-refractivity contribution < 1.29 is 19.4 Å². The lowest BCUT2D eigenvalue weighted by atomic mass is 9.89. The maximum absolute atomic E-state index is 12.1. The summed E-state index contributed by atoms with van der Waals surface area (Å²) in [5.41, 5.74) is 1.84. The number of hydrogen-bond donors (Lipinski definition) is 3. The zero-order valence-electron chi connectivity index (χ0n) is 17.5. The summed E-state index contributed by atoms with van der Waals surface area (Å²) >= 11 is 5.13. The van der Waals surface area contributed by atoms with Crippen molar-refractivity contribution in [2.75, 3.05) is 20.3 Å². The van der Waals surface area contributed by atoms with Crippen LogP contribution in [-0.2, 0) is 16.0 Å². The molecule has 3 rings (SSSR count). The van der Waals surface area contributed by atoms with Crippen LogP contribution in [0.1, 0.15) is 37.4 Å². The van der Waals surface area contributed by atoms with Gasteiger partial charge in [-0.1, -0.05) is 15.9 Å². The maximum Gasteiger partial charge on any atom is 0.246 e. The molecule has 2 aromatic rings. The highest BCUT2D eigenvalue weighted by Crippen LogP contribution is 2.40. The van der Waals surface area contributed by atoms with Crippen LogP contribution < -0.4 is 15.4 Å². The molecule has 3 N–H and O–H groups in total. The van der Waals surface area contributed by atoms with Gasteiger partial charge in [-0.2, -0.15) is 11.3 Å². The Balaban J connectivity index is 1.70. The summed E-state index contributed by atoms with van der Waals surface area (Å²) in [6, 6.07) is 7.62. The first-order chi connectivity index (χ1) is 14.3. The molecule has 0 aliphatic carbocycles. The third-order valence-electron chi connectivity index (χ3n) is 5.12. The van der Waals surface area contributed by atoms with Crippen molar-refractivity contribution in [2.24, 2.45) is 0 Å². The minimum Gasteiger partial charge on any atom is -0.487 e. The molecule has 8 heteroatoms. The van der Waals surface area contributed by atoms with Crippen LogP contribution >= 0.6 is 27.3 Å². The number of hydrogen-bond acceptors (Lipinski definition) is 6. The van der Waals surface area contributed by atoms with Crippen LogP contribution in [0.3, 0.4) is 0 Å². The predicted molar refractivity (Wildman–Crippen MR) is 122 cm³/mol. The van der Waals surface area contributed by atoms with Gasteiger partial charge in [0.05, 0.1) is 12.1 Å². The minimum absolute atomic E-state index is 0.0319. The molecule has 1 amide bonds. The van der Waals surface area contributed by atoms with E-state index in [1.54, 1.807) is 11.3 Å². The van der Waals surface area contributed by atoms with Crippen molar-refractivity contribution in [3.8, 4) is 5.75 Å². The van der Waals surface area contributed by atoms with Gasteiger partial charge in [0.2, 0.25) is 5.91 Å². The highest BCUT2D eigenvalue weighted by Gasteiger charge is 2.34. The molecule has 0 fully saturated rings. The molecule has 2 heterocycles. The van der Waals surface area contributed by atoms with E-state index in [0.717, 1.165) is 27.8 Å². The van der Waals surface area contributed by atoms with Crippen LogP contribution in [0.25, 0.3) is 0 Å². The summed E-state index contributed by atoms with van der Waals surface area (Å²) in [6.07, 6.45) is 0.574. The first-order valence-corrected chi connectivity index (χ1v) is 11.7. The number of amides is 1. The molecule has 0 saturated heterocycles. The quantitative estimate of drug-likeness (QED) is 0.495. The molecule has 164 valence electrons. The first kappa shape index (κ1) is 23.2. The second kappa shape index (κ2) is 10.2. The fourth-order valence-corrected chi connectivity index (χ4v) is 4.80. The molecule has 30 heavy (non-hydrogen) atoms. The smallest absolute Gasteiger partial charge is 0.246 e. The Morgan fingerprint density at radius 3 is 2.93 bits per heavy atom. The molecule has 0 spiro atoms. The van der Waals surface area contributed by atoms with Crippen LogP contribution in [0.15, 0.2) is 39.5 Å². The summed E-state index contributed by atoms with van der Waals surface area (Å²) in [7, 11) is 1.48. The number of methoxy groups -OCH3 is 1. The Kier molecular flexibility index (Phi) is 7.92. The number of rotatable bonds is 9. The minimum atomic E-state index is -0.757. The van der Waals surface area contributed by atoms with Crippen molar-refractivity contribution >= 4 is 33.2 Å². The lowest BCUT2D eigenvalue weighted by Gasteiger charge is -2.38. The summed E-state index contributed by atoms with van der Waals surface area (Å²) in [6.45, 7) is 4.44. The van der Waals surface area contributed by atoms with Crippen molar-refractivity contribution in [2.45, 2.75) is 50.5 Å². The summed E-state index contributed by atoms with van der Waals surface area (Å²) in [5, 5.41) is 21.4. The van der Waals surface area contributed by atoms with Crippen molar-refractivity contribution in [3.63, 3.8) is 0 Å². The number of aliphatic hydroxyl groups excluding tert-OH is 1. The normalized spacial score (nSPS) is 19.4. The number of halogens is 1. The zero-order chi connectivity index (χ0) is 21.7. The van der Waals surface area contributed by atoms with Gasteiger partial charge in [-0.05, 0) is 60.9 Å². The third-order valence-corrected chi connectivity index (χ3v) is 6.35. The molecule has 1 aromatic heterocycles. The second-order valence-corrected chi connectivity index (χ2v) is 9.91. The van der Waals surface area contributed by atoms with E-state index in [1.807, 2.05) is 29.0 Å². The summed E-state index contributed by atoms with van der Waals surface area (Å²) < 4.78 is 12.0. The zero-order valence-corrected chi connectivity index (χ0v) is 19.9. The lowest BCUT2D eigenvalue weighted by molar-refractivity contribution is -0.126. The van der Waals surface area contributed by atoms with Gasteiger partial charge < -0.3 is 25.2 Å². The Morgan fingerprint density at radius 1 is 1.43 bits per heavy atom. The largest absolute Gasteiger partial charge is 0.487 e. The van der Waals surface area contributed by atoms with E-state index in [4.69, 9.17) is 9.47 Å². The van der Waals surface area contributed by atoms with Crippen LogP contribution in [0.4, 0.5) is 0 Å². The molecule has 1 aromatic carbocycles. The standard InChI is InChI=1S/C22H29BrN2O4S/c1-22(2)10-18(16-9-15(23)4-5-20(16)29-22)24-11-19(26)17(25-21(27)12-28-3)8-14-6-7-30-13-14/h4-7,9,13,17-19,24,26H,8,10-12H2,1-3H3,(H,25,27)/t17-,18-,19+/m0/s1. The Hall–Kier alpha value is -1.45. The van der Waals surface area contributed by atoms with Gasteiger partial charge in [0, 0.05) is 36.2 Å². The Bertz CT molecular complexity index is 844.